The van der Waals surface area contributed by atoms with Crippen LogP contribution in [0, 0.1) is 18.7 Å². The van der Waals surface area contributed by atoms with E-state index in [2.05, 4.69) is 0 Å². The number of rotatable bonds is 4. The Morgan fingerprint density at radius 1 is 1.29 bits per heavy atom. The molecule has 0 unspecified atom stereocenters. The second kappa shape index (κ2) is 6.32. The van der Waals surface area contributed by atoms with Crippen molar-refractivity contribution in [3.05, 3.63) is 23.5 Å². The van der Waals surface area contributed by atoms with E-state index in [0.29, 0.717) is 12.5 Å². The Balaban J connectivity index is 2.20. The van der Waals surface area contributed by atoms with Gasteiger partial charge in [-0.05, 0) is 37.8 Å². The van der Waals surface area contributed by atoms with E-state index in [-0.39, 0.29) is 16.1 Å². The third kappa shape index (κ3) is 3.55. The van der Waals surface area contributed by atoms with Gasteiger partial charge < -0.3 is 5.73 Å². The minimum absolute atomic E-state index is 0.0681. The van der Waals surface area contributed by atoms with Crippen LogP contribution in [0.3, 0.4) is 0 Å². The highest BCUT2D eigenvalue weighted by Crippen LogP contribution is 2.27. The van der Waals surface area contributed by atoms with Crippen LogP contribution in [0.1, 0.15) is 37.7 Å². The molecule has 2 N–H and O–H groups in total. The van der Waals surface area contributed by atoms with Crippen LogP contribution < -0.4 is 5.73 Å². The molecular weight excluding hydrogens is 291 g/mol. The molecule has 2 rings (SSSR count). The first-order chi connectivity index (χ1) is 9.82. The monoisotopic (exact) mass is 314 g/mol. The molecule has 6 heteroatoms. The molecule has 0 amide bonds. The molecule has 4 nitrogen and oxygen atoms in total. The molecule has 1 aliphatic carbocycles. The Morgan fingerprint density at radius 3 is 2.48 bits per heavy atom. The Kier molecular flexibility index (Phi) is 4.88. The summed E-state index contributed by atoms with van der Waals surface area (Å²) in [4.78, 5) is -0.0681. The maximum absolute atomic E-state index is 13.7. The standard InChI is InChI=1S/C15H23FN2O2S/c1-11-14(16)8-13(9-15(11)17)21(19,20)18(2)10-12-6-4-3-5-7-12/h8-9,12H,3-7,10,17H2,1-2H3. The minimum Gasteiger partial charge on any atom is -0.398 e. The maximum atomic E-state index is 13.7. The van der Waals surface area contributed by atoms with Gasteiger partial charge in [-0.3, -0.25) is 0 Å². The highest BCUT2D eigenvalue weighted by molar-refractivity contribution is 7.89. The van der Waals surface area contributed by atoms with Crippen molar-refractivity contribution in [2.24, 2.45) is 5.92 Å². The average Bonchev–Trinajstić information content (AvgIpc) is 2.45. The van der Waals surface area contributed by atoms with E-state index < -0.39 is 15.8 Å². The second-order valence-electron chi connectivity index (χ2n) is 5.91. The van der Waals surface area contributed by atoms with E-state index in [1.54, 1.807) is 7.05 Å². The van der Waals surface area contributed by atoms with Crippen LogP contribution in [0.5, 0.6) is 0 Å². The average molecular weight is 314 g/mol. The summed E-state index contributed by atoms with van der Waals surface area (Å²) in [6.45, 7) is 2.02. The zero-order chi connectivity index (χ0) is 15.6. The van der Waals surface area contributed by atoms with Crippen molar-refractivity contribution in [1.82, 2.24) is 4.31 Å². The smallest absolute Gasteiger partial charge is 0.243 e. The fraction of sp³-hybridized carbons (Fsp3) is 0.600. The quantitative estimate of drug-likeness (QED) is 0.869. The van der Waals surface area contributed by atoms with Crippen molar-refractivity contribution in [3.8, 4) is 0 Å². The molecule has 1 saturated carbocycles. The summed E-state index contributed by atoms with van der Waals surface area (Å²) in [6, 6.07) is 2.39. The first kappa shape index (κ1) is 16.2. The van der Waals surface area contributed by atoms with Crippen LogP contribution in [0.25, 0.3) is 0 Å². The van der Waals surface area contributed by atoms with Crippen molar-refractivity contribution in [2.45, 2.75) is 43.9 Å². The second-order valence-corrected chi connectivity index (χ2v) is 7.95. The minimum atomic E-state index is -3.69. The van der Waals surface area contributed by atoms with E-state index in [9.17, 15) is 12.8 Å². The third-order valence-electron chi connectivity index (χ3n) is 4.31. The molecule has 0 spiro atoms. The first-order valence-electron chi connectivity index (χ1n) is 7.34. The van der Waals surface area contributed by atoms with Crippen molar-refractivity contribution < 1.29 is 12.8 Å². The van der Waals surface area contributed by atoms with E-state index in [1.807, 2.05) is 0 Å². The summed E-state index contributed by atoms with van der Waals surface area (Å²) >= 11 is 0. The van der Waals surface area contributed by atoms with Gasteiger partial charge in [0.1, 0.15) is 5.82 Å². The summed E-state index contributed by atoms with van der Waals surface area (Å²) in [5.41, 5.74) is 6.13. The van der Waals surface area contributed by atoms with Gasteiger partial charge >= 0.3 is 0 Å². The lowest BCUT2D eigenvalue weighted by atomic mass is 9.89. The van der Waals surface area contributed by atoms with Crippen molar-refractivity contribution in [2.75, 3.05) is 19.3 Å². The third-order valence-corrected chi connectivity index (χ3v) is 6.11. The van der Waals surface area contributed by atoms with Gasteiger partial charge in [0, 0.05) is 24.8 Å². The highest BCUT2D eigenvalue weighted by Gasteiger charge is 2.26. The van der Waals surface area contributed by atoms with Crippen LogP contribution in [-0.2, 0) is 10.0 Å². The fourth-order valence-corrected chi connectivity index (χ4v) is 4.13. The summed E-state index contributed by atoms with van der Waals surface area (Å²) in [5.74, 6) is -0.189. The number of nitrogens with zero attached hydrogens (tertiary/aromatic N) is 1. The number of anilines is 1. The number of sulfonamides is 1. The molecule has 0 radical (unpaired) electrons. The first-order valence-corrected chi connectivity index (χ1v) is 8.78. The number of hydrogen-bond donors (Lipinski definition) is 1. The Hall–Kier alpha value is -1.14. The molecule has 0 aliphatic heterocycles. The molecule has 1 aromatic rings. The van der Waals surface area contributed by atoms with Gasteiger partial charge in [-0.2, -0.15) is 0 Å². The van der Waals surface area contributed by atoms with Crippen LogP contribution >= 0.6 is 0 Å². The van der Waals surface area contributed by atoms with Crippen molar-refractivity contribution >= 4 is 15.7 Å². The topological polar surface area (TPSA) is 63.4 Å². The van der Waals surface area contributed by atoms with Crippen LogP contribution in [0.4, 0.5) is 10.1 Å². The van der Waals surface area contributed by atoms with E-state index >= 15 is 0 Å². The predicted molar refractivity (Wildman–Crippen MR) is 81.9 cm³/mol. The molecule has 0 bridgehead atoms. The number of hydrogen-bond acceptors (Lipinski definition) is 3. The van der Waals surface area contributed by atoms with Crippen molar-refractivity contribution in [3.63, 3.8) is 0 Å². The highest BCUT2D eigenvalue weighted by atomic mass is 32.2. The Morgan fingerprint density at radius 2 is 1.90 bits per heavy atom. The summed E-state index contributed by atoms with van der Waals surface area (Å²) in [6.07, 6.45) is 5.66. The molecule has 1 aromatic carbocycles. The molecule has 1 aliphatic rings. The zero-order valence-electron chi connectivity index (χ0n) is 12.6. The van der Waals surface area contributed by atoms with E-state index in [0.717, 1.165) is 31.7 Å². The number of benzene rings is 1. The Labute approximate surface area is 126 Å². The van der Waals surface area contributed by atoms with Crippen LogP contribution in [0.2, 0.25) is 0 Å². The molecule has 0 atom stereocenters. The normalized spacial score (nSPS) is 17.3. The van der Waals surface area contributed by atoms with Gasteiger partial charge in [-0.25, -0.2) is 17.1 Å². The molecule has 118 valence electrons. The fourth-order valence-electron chi connectivity index (χ4n) is 2.83. The van der Waals surface area contributed by atoms with Gasteiger partial charge in [0.25, 0.3) is 0 Å². The van der Waals surface area contributed by atoms with E-state index in [1.165, 1.54) is 23.7 Å². The number of halogens is 1. The lowest BCUT2D eigenvalue weighted by Crippen LogP contribution is -2.32. The van der Waals surface area contributed by atoms with Crippen LogP contribution in [-0.4, -0.2) is 26.3 Å². The maximum Gasteiger partial charge on any atom is 0.243 e. The molecule has 0 heterocycles. The van der Waals surface area contributed by atoms with Gasteiger partial charge in [0.05, 0.1) is 4.90 Å². The van der Waals surface area contributed by atoms with Crippen LogP contribution in [0.15, 0.2) is 17.0 Å². The van der Waals surface area contributed by atoms with Gasteiger partial charge in [0.2, 0.25) is 10.0 Å². The Bertz CT molecular complexity index is 587. The van der Waals surface area contributed by atoms with E-state index in [4.69, 9.17) is 5.73 Å². The largest absolute Gasteiger partial charge is 0.398 e. The lowest BCUT2D eigenvalue weighted by molar-refractivity contribution is 0.300. The SMILES string of the molecule is Cc1c(N)cc(S(=O)(=O)N(C)CC2CCCCC2)cc1F. The summed E-state index contributed by atoms with van der Waals surface area (Å²) < 4.78 is 40.1. The molecule has 1 fully saturated rings. The zero-order valence-corrected chi connectivity index (χ0v) is 13.4. The van der Waals surface area contributed by atoms with Crippen molar-refractivity contribution in [1.29, 1.82) is 0 Å². The number of nitrogen functional groups attached to an aromatic ring is 1. The summed E-state index contributed by atoms with van der Waals surface area (Å²) in [7, 11) is -2.13. The molecule has 0 saturated heterocycles. The molecule has 21 heavy (non-hydrogen) atoms. The molecule has 0 aromatic heterocycles. The van der Waals surface area contributed by atoms with Gasteiger partial charge in [-0.15, -0.1) is 0 Å². The lowest BCUT2D eigenvalue weighted by Gasteiger charge is -2.26. The number of nitrogens with two attached hydrogens (primary N) is 1. The predicted octanol–water partition coefficient (Wildman–Crippen LogP) is 2.92. The van der Waals surface area contributed by atoms with Gasteiger partial charge in [0.15, 0.2) is 0 Å². The summed E-state index contributed by atoms with van der Waals surface area (Å²) in [5, 5.41) is 0. The molecular formula is C15H23FN2O2S. The van der Waals surface area contributed by atoms with Gasteiger partial charge in [-0.1, -0.05) is 19.3 Å².